The van der Waals surface area contributed by atoms with E-state index in [0.717, 1.165) is 0 Å². The van der Waals surface area contributed by atoms with Gasteiger partial charge in [-0.15, -0.1) is 0 Å². The summed E-state index contributed by atoms with van der Waals surface area (Å²) >= 11 is 0. The fraction of sp³-hybridized carbons (Fsp3) is 0.652. The third kappa shape index (κ3) is 3.84. The molecule has 1 aromatic carbocycles. The average molecular weight is 424 g/mol. The molecule has 5 nitrogen and oxygen atoms in total. The van der Waals surface area contributed by atoms with Crippen molar-refractivity contribution in [2.75, 3.05) is 0 Å². The van der Waals surface area contributed by atoms with Gasteiger partial charge in [-0.3, -0.25) is 4.79 Å². The second-order valence-electron chi connectivity index (χ2n) is 9.84. The summed E-state index contributed by atoms with van der Waals surface area (Å²) in [6, 6.07) is 8.03. The van der Waals surface area contributed by atoms with Crippen LogP contribution < -0.4 is 0 Å². The molecular formula is C23H30F2O5. The van der Waals surface area contributed by atoms with Crippen molar-refractivity contribution < 1.29 is 33.3 Å². The van der Waals surface area contributed by atoms with E-state index in [-0.39, 0.29) is 18.4 Å². The highest BCUT2D eigenvalue weighted by atomic mass is 19.3. The summed E-state index contributed by atoms with van der Waals surface area (Å²) in [5.74, 6) is -5.83. The predicted molar refractivity (Wildman–Crippen MR) is 106 cm³/mol. The molecule has 4 atom stereocenters. The molecule has 0 heterocycles. The highest BCUT2D eigenvalue weighted by molar-refractivity contribution is 5.82. The number of rotatable bonds is 5. The van der Waals surface area contributed by atoms with Gasteiger partial charge < -0.3 is 14.9 Å². The van der Waals surface area contributed by atoms with E-state index in [1.165, 1.54) is 12.1 Å². The third-order valence-electron chi connectivity index (χ3n) is 7.11. The molecule has 2 aliphatic rings. The van der Waals surface area contributed by atoms with Crippen LogP contribution in [0.15, 0.2) is 30.3 Å². The quantitative estimate of drug-likeness (QED) is 0.679. The molecule has 7 heteroatoms. The number of aliphatic carboxylic acids is 1. The van der Waals surface area contributed by atoms with Crippen molar-refractivity contribution in [3.63, 3.8) is 0 Å². The summed E-state index contributed by atoms with van der Waals surface area (Å²) in [5.41, 5.74) is -3.58. The maximum absolute atomic E-state index is 13.9. The Kier molecular flexibility index (Phi) is 5.73. The van der Waals surface area contributed by atoms with Crippen LogP contribution in [-0.2, 0) is 19.9 Å². The maximum Gasteiger partial charge on any atom is 0.343 e. The largest absolute Gasteiger partial charge is 0.481 e. The van der Waals surface area contributed by atoms with E-state index in [9.17, 15) is 28.6 Å². The Labute approximate surface area is 175 Å². The molecule has 2 aliphatic carbocycles. The second kappa shape index (κ2) is 7.59. The fourth-order valence-corrected chi connectivity index (χ4v) is 5.06. The van der Waals surface area contributed by atoms with Gasteiger partial charge in [-0.25, -0.2) is 13.6 Å². The van der Waals surface area contributed by atoms with E-state index in [1.54, 1.807) is 18.2 Å². The molecule has 2 N–H and O–H groups in total. The number of alkyl halides is 2. The van der Waals surface area contributed by atoms with Crippen LogP contribution in [0.4, 0.5) is 8.78 Å². The van der Waals surface area contributed by atoms with Gasteiger partial charge in [0.15, 0.2) is 5.60 Å². The van der Waals surface area contributed by atoms with E-state index in [0.29, 0.717) is 12.8 Å². The average Bonchev–Trinajstić information content (AvgIpc) is 3.25. The first kappa shape index (κ1) is 22.7. The lowest BCUT2D eigenvalue weighted by atomic mass is 9.65. The molecule has 30 heavy (non-hydrogen) atoms. The third-order valence-corrected chi connectivity index (χ3v) is 7.11. The van der Waals surface area contributed by atoms with Gasteiger partial charge in [-0.05, 0) is 30.2 Å². The summed E-state index contributed by atoms with van der Waals surface area (Å²) in [6.45, 7) is 5.52. The summed E-state index contributed by atoms with van der Waals surface area (Å²) in [4.78, 5) is 25.2. The van der Waals surface area contributed by atoms with Crippen LogP contribution in [0.5, 0.6) is 0 Å². The summed E-state index contributed by atoms with van der Waals surface area (Å²) in [5, 5.41) is 21.3. The Morgan fingerprint density at radius 1 is 1.07 bits per heavy atom. The first-order valence-electron chi connectivity index (χ1n) is 10.4. The zero-order valence-corrected chi connectivity index (χ0v) is 17.7. The molecule has 0 amide bonds. The lowest BCUT2D eigenvalue weighted by Gasteiger charge is -2.38. The minimum absolute atomic E-state index is 0.000778. The SMILES string of the molecule is CC(C)(C)[C@@]1(C(=O)O)CC[C@@H](OC(=O)[C@](O)(c2ccccc2)[C@@H]2CCC(F)(F)C2)C1. The molecule has 0 aliphatic heterocycles. The summed E-state index contributed by atoms with van der Waals surface area (Å²) < 4.78 is 33.4. The number of ether oxygens (including phenoxy) is 1. The lowest BCUT2D eigenvalue weighted by Crippen LogP contribution is -2.46. The standard InChI is InChI=1S/C23H30F2O5/c1-20(2,3)21(18(26)27)11-10-17(14-21)30-19(28)23(29,15-7-5-4-6-8-15)16-9-12-22(24,25)13-16/h4-8,16-17,29H,9-14H2,1-3H3,(H,26,27)/t16-,17-,21+,23+/m1/s1. The Morgan fingerprint density at radius 3 is 2.17 bits per heavy atom. The van der Waals surface area contributed by atoms with Gasteiger partial charge in [0.25, 0.3) is 0 Å². The minimum atomic E-state index is -2.94. The van der Waals surface area contributed by atoms with E-state index in [1.807, 2.05) is 20.8 Å². The molecule has 0 saturated heterocycles. The Bertz CT molecular complexity index is 804. The molecule has 0 spiro atoms. The van der Waals surface area contributed by atoms with Crippen LogP contribution in [0.25, 0.3) is 0 Å². The monoisotopic (exact) mass is 424 g/mol. The number of hydrogen-bond acceptors (Lipinski definition) is 4. The molecule has 0 unspecified atom stereocenters. The van der Waals surface area contributed by atoms with E-state index in [4.69, 9.17) is 4.74 Å². The van der Waals surface area contributed by atoms with Crippen LogP contribution >= 0.6 is 0 Å². The molecule has 166 valence electrons. The summed E-state index contributed by atoms with van der Waals surface area (Å²) in [6.07, 6.45) is -0.863. The first-order chi connectivity index (χ1) is 13.8. The fourth-order valence-electron chi connectivity index (χ4n) is 5.06. The molecule has 3 rings (SSSR count). The molecule has 1 aromatic rings. The number of carbonyl (C=O) groups excluding carboxylic acids is 1. The number of carboxylic acids is 1. The molecule has 0 radical (unpaired) electrons. The minimum Gasteiger partial charge on any atom is -0.481 e. The zero-order chi connectivity index (χ0) is 22.4. The number of halogens is 2. The van der Waals surface area contributed by atoms with Crippen molar-refractivity contribution >= 4 is 11.9 Å². The van der Waals surface area contributed by atoms with E-state index >= 15 is 0 Å². The van der Waals surface area contributed by atoms with Gasteiger partial charge in [0, 0.05) is 25.2 Å². The number of hydrogen-bond donors (Lipinski definition) is 2. The lowest BCUT2D eigenvalue weighted by molar-refractivity contribution is -0.181. The molecule has 0 bridgehead atoms. The highest BCUT2D eigenvalue weighted by Gasteiger charge is 2.57. The van der Waals surface area contributed by atoms with Crippen LogP contribution in [0.2, 0.25) is 0 Å². The van der Waals surface area contributed by atoms with Gasteiger partial charge in [-0.1, -0.05) is 51.1 Å². The zero-order valence-electron chi connectivity index (χ0n) is 17.7. The van der Waals surface area contributed by atoms with Crippen molar-refractivity contribution in [1.82, 2.24) is 0 Å². The van der Waals surface area contributed by atoms with E-state index < -0.39 is 59.2 Å². The van der Waals surface area contributed by atoms with Crippen molar-refractivity contribution in [3.8, 4) is 0 Å². The van der Waals surface area contributed by atoms with Crippen molar-refractivity contribution in [1.29, 1.82) is 0 Å². The Morgan fingerprint density at radius 2 is 1.70 bits per heavy atom. The maximum atomic E-state index is 13.9. The van der Waals surface area contributed by atoms with Crippen molar-refractivity contribution in [2.45, 2.75) is 76.9 Å². The second-order valence-corrected chi connectivity index (χ2v) is 9.84. The Balaban J connectivity index is 1.86. The van der Waals surface area contributed by atoms with Gasteiger partial charge >= 0.3 is 11.9 Å². The van der Waals surface area contributed by atoms with Crippen LogP contribution in [-0.4, -0.2) is 34.2 Å². The summed E-state index contributed by atoms with van der Waals surface area (Å²) in [7, 11) is 0. The van der Waals surface area contributed by atoms with Gasteiger partial charge in [0.2, 0.25) is 5.92 Å². The van der Waals surface area contributed by atoms with Gasteiger partial charge in [0.05, 0.1) is 5.41 Å². The number of benzene rings is 1. The van der Waals surface area contributed by atoms with Crippen molar-refractivity contribution in [2.24, 2.45) is 16.7 Å². The number of esters is 1. The van der Waals surface area contributed by atoms with E-state index in [2.05, 4.69) is 0 Å². The normalized spacial score (nSPS) is 30.6. The van der Waals surface area contributed by atoms with Crippen LogP contribution in [0.1, 0.15) is 64.9 Å². The number of aliphatic hydroxyl groups is 1. The molecule has 2 saturated carbocycles. The van der Waals surface area contributed by atoms with Crippen molar-refractivity contribution in [3.05, 3.63) is 35.9 Å². The molecular weight excluding hydrogens is 394 g/mol. The predicted octanol–water partition coefficient (Wildman–Crippen LogP) is 4.52. The molecule has 0 aromatic heterocycles. The topological polar surface area (TPSA) is 83.8 Å². The number of carbonyl (C=O) groups is 2. The Hall–Kier alpha value is -2.02. The molecule has 2 fully saturated rings. The first-order valence-corrected chi connectivity index (χ1v) is 10.4. The van der Waals surface area contributed by atoms with Gasteiger partial charge in [0.1, 0.15) is 6.10 Å². The smallest absolute Gasteiger partial charge is 0.343 e. The van der Waals surface area contributed by atoms with Crippen LogP contribution in [0.3, 0.4) is 0 Å². The van der Waals surface area contributed by atoms with Gasteiger partial charge in [-0.2, -0.15) is 0 Å². The van der Waals surface area contributed by atoms with Crippen LogP contribution in [0, 0.1) is 16.7 Å². The highest BCUT2D eigenvalue weighted by Crippen LogP contribution is 2.53. The number of carboxylic acid groups (broad SMARTS) is 1.